The summed E-state index contributed by atoms with van der Waals surface area (Å²) in [5.74, 6) is -0.403. The second-order valence-electron chi connectivity index (χ2n) is 9.41. The molecular weight excluding hydrogens is 524 g/mol. The summed E-state index contributed by atoms with van der Waals surface area (Å²) in [4.78, 5) is 39.7. The van der Waals surface area contributed by atoms with Crippen molar-refractivity contribution in [3.8, 4) is 5.75 Å². The van der Waals surface area contributed by atoms with Crippen molar-refractivity contribution in [3.63, 3.8) is 0 Å². The molecule has 0 aliphatic carbocycles. The van der Waals surface area contributed by atoms with Crippen molar-refractivity contribution < 1.29 is 23.9 Å². The van der Waals surface area contributed by atoms with Gasteiger partial charge in [-0.05, 0) is 47.0 Å². The van der Waals surface area contributed by atoms with Crippen LogP contribution >= 0.6 is 15.9 Å². The van der Waals surface area contributed by atoms with Gasteiger partial charge in [0.1, 0.15) is 11.8 Å². The highest BCUT2D eigenvalue weighted by Crippen LogP contribution is 2.27. The van der Waals surface area contributed by atoms with Crippen LogP contribution in [0.4, 0.5) is 0 Å². The Bertz CT molecular complexity index is 832. The highest BCUT2D eigenvalue weighted by Gasteiger charge is 2.35. The number of nitrogens with one attached hydrogen (secondary N) is 1. The first kappa shape index (κ1) is 30.1. The Balaban J connectivity index is 1.77. The van der Waals surface area contributed by atoms with Crippen molar-refractivity contribution in [2.45, 2.75) is 96.9 Å². The predicted molar refractivity (Wildman–Crippen MR) is 145 cm³/mol. The quantitative estimate of drug-likeness (QED) is 0.184. The van der Waals surface area contributed by atoms with Crippen LogP contribution in [0, 0.1) is 0 Å². The lowest BCUT2D eigenvalue weighted by Crippen LogP contribution is -2.57. The Hall–Kier alpha value is -2.09. The molecule has 1 aromatic carbocycles. The minimum Gasteiger partial charge on any atom is -0.492 e. The molecule has 8 heteroatoms. The molecule has 7 nitrogen and oxygen atoms in total. The third kappa shape index (κ3) is 10.5. The van der Waals surface area contributed by atoms with Crippen LogP contribution in [0.15, 0.2) is 22.7 Å². The fourth-order valence-electron chi connectivity index (χ4n) is 4.28. The second-order valence-corrected chi connectivity index (χ2v) is 10.3. The van der Waals surface area contributed by atoms with Gasteiger partial charge in [-0.25, -0.2) is 0 Å². The zero-order chi connectivity index (χ0) is 26.2. The smallest absolute Gasteiger partial charge is 0.308 e. The van der Waals surface area contributed by atoms with Gasteiger partial charge >= 0.3 is 5.97 Å². The number of rotatable bonds is 17. The van der Waals surface area contributed by atoms with Gasteiger partial charge in [0.15, 0.2) is 0 Å². The largest absolute Gasteiger partial charge is 0.492 e. The van der Waals surface area contributed by atoms with Crippen LogP contribution in [0.3, 0.4) is 0 Å². The minimum atomic E-state index is -0.874. The first-order chi connectivity index (χ1) is 17.5. The lowest BCUT2D eigenvalue weighted by molar-refractivity contribution is -0.147. The van der Waals surface area contributed by atoms with Crippen LogP contribution in [0.25, 0.3) is 0 Å². The summed E-state index contributed by atoms with van der Waals surface area (Å²) >= 11 is 3.46. The first-order valence-electron chi connectivity index (χ1n) is 13.6. The lowest BCUT2D eigenvalue weighted by atomic mass is 10.1. The molecule has 1 unspecified atom stereocenters. The lowest BCUT2D eigenvalue weighted by Gasteiger charge is -2.34. The fourth-order valence-corrected chi connectivity index (χ4v) is 4.78. The van der Waals surface area contributed by atoms with Crippen molar-refractivity contribution in [1.29, 1.82) is 0 Å². The first-order valence-corrected chi connectivity index (χ1v) is 14.4. The van der Waals surface area contributed by atoms with Gasteiger partial charge in [-0.2, -0.15) is 0 Å². The molecule has 2 rings (SSSR count). The highest BCUT2D eigenvalue weighted by atomic mass is 79.9. The number of carbonyl (C=O) groups excluding carboxylic acids is 3. The number of halogens is 1. The van der Waals surface area contributed by atoms with Crippen LogP contribution in [-0.2, 0) is 14.3 Å². The van der Waals surface area contributed by atoms with Gasteiger partial charge in [-0.1, -0.05) is 71.6 Å². The zero-order valence-corrected chi connectivity index (χ0v) is 23.6. The van der Waals surface area contributed by atoms with E-state index < -0.39 is 12.0 Å². The van der Waals surface area contributed by atoms with E-state index in [2.05, 4.69) is 28.2 Å². The van der Waals surface area contributed by atoms with E-state index >= 15 is 0 Å². The SMILES string of the molecule is CCCCCCCCCCCCOC(=O)CC1C(=O)NCCN1C(=O)c1ccc(OCCC)c(Br)c1. The van der Waals surface area contributed by atoms with Crippen LogP contribution in [0.1, 0.15) is 101 Å². The van der Waals surface area contributed by atoms with Crippen LogP contribution in [0.5, 0.6) is 5.75 Å². The molecule has 0 radical (unpaired) electrons. The molecule has 1 N–H and O–H groups in total. The van der Waals surface area contributed by atoms with E-state index in [1.54, 1.807) is 18.2 Å². The molecule has 1 aromatic rings. The third-order valence-corrected chi connectivity index (χ3v) is 6.97. The Morgan fingerprint density at radius 1 is 0.972 bits per heavy atom. The number of carbonyl (C=O) groups is 3. The van der Waals surface area contributed by atoms with Gasteiger partial charge in [0.2, 0.25) is 5.91 Å². The molecule has 0 bridgehead atoms. The van der Waals surface area contributed by atoms with Gasteiger partial charge in [0.05, 0.1) is 24.1 Å². The van der Waals surface area contributed by atoms with Crippen LogP contribution in [-0.4, -0.2) is 55.0 Å². The number of piperazine rings is 1. The molecule has 1 fully saturated rings. The Morgan fingerprint density at radius 2 is 1.64 bits per heavy atom. The van der Waals surface area contributed by atoms with Gasteiger partial charge in [-0.3, -0.25) is 14.4 Å². The summed E-state index contributed by atoms with van der Waals surface area (Å²) < 4.78 is 11.7. The van der Waals surface area contributed by atoms with Gasteiger partial charge in [0.25, 0.3) is 5.91 Å². The Kier molecular flexibility index (Phi) is 14.5. The topological polar surface area (TPSA) is 84.9 Å². The normalized spacial score (nSPS) is 15.5. The maximum atomic E-state index is 13.2. The molecule has 1 saturated heterocycles. The maximum absolute atomic E-state index is 13.2. The number of hydrogen-bond acceptors (Lipinski definition) is 5. The molecule has 2 amide bonds. The van der Waals surface area contributed by atoms with Crippen molar-refractivity contribution >= 4 is 33.7 Å². The number of esters is 1. The molecule has 202 valence electrons. The molecular formula is C28H43BrN2O5. The summed E-state index contributed by atoms with van der Waals surface area (Å²) in [6.07, 6.45) is 12.8. The van der Waals surface area contributed by atoms with E-state index in [9.17, 15) is 14.4 Å². The molecule has 0 aromatic heterocycles. The fraction of sp³-hybridized carbons (Fsp3) is 0.679. The van der Waals surface area contributed by atoms with Gasteiger partial charge < -0.3 is 19.7 Å². The highest BCUT2D eigenvalue weighted by molar-refractivity contribution is 9.10. The van der Waals surface area contributed by atoms with E-state index in [0.717, 1.165) is 25.7 Å². The summed E-state index contributed by atoms with van der Waals surface area (Å²) in [5.41, 5.74) is 0.434. The number of unbranched alkanes of at least 4 members (excludes halogenated alkanes) is 9. The number of benzene rings is 1. The molecule has 1 aliphatic heterocycles. The molecule has 1 aliphatic rings. The average Bonchev–Trinajstić information content (AvgIpc) is 2.87. The monoisotopic (exact) mass is 566 g/mol. The third-order valence-electron chi connectivity index (χ3n) is 6.35. The van der Waals surface area contributed by atoms with E-state index in [-0.39, 0.29) is 18.2 Å². The zero-order valence-electron chi connectivity index (χ0n) is 22.0. The minimum absolute atomic E-state index is 0.145. The van der Waals surface area contributed by atoms with Crippen molar-refractivity contribution in [1.82, 2.24) is 10.2 Å². The average molecular weight is 568 g/mol. The Labute approximate surface area is 224 Å². The van der Waals surface area contributed by atoms with Crippen LogP contribution in [0.2, 0.25) is 0 Å². The van der Waals surface area contributed by atoms with E-state index in [1.165, 1.54) is 49.8 Å². The number of hydrogen-bond donors (Lipinski definition) is 1. The van der Waals surface area contributed by atoms with Gasteiger partial charge in [-0.15, -0.1) is 0 Å². The van der Waals surface area contributed by atoms with Crippen molar-refractivity contribution in [3.05, 3.63) is 28.2 Å². The summed E-state index contributed by atoms with van der Waals surface area (Å²) in [7, 11) is 0. The second kappa shape index (κ2) is 17.4. The number of amides is 2. The summed E-state index contributed by atoms with van der Waals surface area (Å²) in [5, 5.41) is 2.76. The molecule has 1 atom stereocenters. The Morgan fingerprint density at radius 3 is 2.28 bits per heavy atom. The standard InChI is InChI=1S/C28H43BrN2O5/c1-3-5-6-7-8-9-10-11-12-13-19-36-26(32)21-24-27(33)30-16-17-31(24)28(34)22-14-15-25(23(29)20-22)35-18-4-2/h14-15,20,24H,3-13,16-19,21H2,1-2H3,(H,30,33). The molecule has 1 heterocycles. The van der Waals surface area contributed by atoms with Gasteiger partial charge in [0, 0.05) is 18.7 Å². The van der Waals surface area contributed by atoms with Crippen LogP contribution < -0.4 is 10.1 Å². The summed E-state index contributed by atoms with van der Waals surface area (Å²) in [6, 6.07) is 4.25. The van der Waals surface area contributed by atoms with E-state index in [4.69, 9.17) is 9.47 Å². The maximum Gasteiger partial charge on any atom is 0.308 e. The van der Waals surface area contributed by atoms with Crippen molar-refractivity contribution in [2.75, 3.05) is 26.3 Å². The predicted octanol–water partition coefficient (Wildman–Crippen LogP) is 6.03. The van der Waals surface area contributed by atoms with Crippen molar-refractivity contribution in [2.24, 2.45) is 0 Å². The van der Waals surface area contributed by atoms with E-state index in [1.807, 2.05) is 6.92 Å². The molecule has 0 spiro atoms. The number of nitrogens with zero attached hydrogens (tertiary/aromatic N) is 1. The molecule has 36 heavy (non-hydrogen) atoms. The number of ether oxygens (including phenoxy) is 2. The molecule has 0 saturated carbocycles. The van der Waals surface area contributed by atoms with E-state index in [0.29, 0.717) is 42.1 Å². The summed E-state index contributed by atoms with van der Waals surface area (Å²) in [6.45, 7) is 5.89.